The predicted molar refractivity (Wildman–Crippen MR) is 102 cm³/mol. The van der Waals surface area contributed by atoms with Crippen LogP contribution in [0.3, 0.4) is 0 Å². The summed E-state index contributed by atoms with van der Waals surface area (Å²) in [6.45, 7) is 1.32. The number of piperidine rings is 1. The molecule has 6 nitrogen and oxygen atoms in total. The van der Waals surface area contributed by atoms with E-state index in [1.54, 1.807) is 0 Å². The van der Waals surface area contributed by atoms with Gasteiger partial charge in [-0.3, -0.25) is 14.4 Å². The molecule has 2 N–H and O–H groups in total. The second-order valence-electron chi connectivity index (χ2n) is 7.98. The van der Waals surface area contributed by atoms with E-state index >= 15 is 0 Å². The highest BCUT2D eigenvalue weighted by Gasteiger charge is 2.33. The molecule has 1 atom stereocenters. The zero-order valence-electron chi connectivity index (χ0n) is 15.6. The monoisotopic (exact) mass is 369 g/mol. The molecule has 0 radical (unpaired) electrons. The summed E-state index contributed by atoms with van der Waals surface area (Å²) >= 11 is 0. The van der Waals surface area contributed by atoms with Gasteiger partial charge in [-0.05, 0) is 37.3 Å². The van der Waals surface area contributed by atoms with Crippen molar-refractivity contribution in [3.05, 3.63) is 29.8 Å². The summed E-state index contributed by atoms with van der Waals surface area (Å²) in [6, 6.07) is 7.32. The van der Waals surface area contributed by atoms with Crippen LogP contribution in [-0.2, 0) is 14.4 Å². The van der Waals surface area contributed by atoms with Gasteiger partial charge in [0.15, 0.2) is 0 Å². The summed E-state index contributed by atoms with van der Waals surface area (Å²) < 4.78 is 0. The average Bonchev–Trinajstić information content (AvgIpc) is 3.22. The normalized spacial score (nSPS) is 23.6. The van der Waals surface area contributed by atoms with E-state index in [9.17, 15) is 14.4 Å². The zero-order chi connectivity index (χ0) is 18.8. The number of benzene rings is 1. The fraction of sp³-hybridized carbons (Fsp3) is 0.571. The Morgan fingerprint density at radius 1 is 1.00 bits per heavy atom. The minimum atomic E-state index is -0.277. The van der Waals surface area contributed by atoms with Gasteiger partial charge in [0.2, 0.25) is 17.7 Å². The molecule has 1 aromatic rings. The summed E-state index contributed by atoms with van der Waals surface area (Å²) in [6.07, 6.45) is 6.01. The zero-order valence-corrected chi connectivity index (χ0v) is 15.6. The number of rotatable bonds is 3. The number of likely N-dealkylation sites (tertiary alicyclic amines) is 1. The first kappa shape index (κ1) is 18.0. The van der Waals surface area contributed by atoms with Crippen LogP contribution in [0, 0.1) is 11.8 Å². The quantitative estimate of drug-likeness (QED) is 0.860. The number of amides is 3. The van der Waals surface area contributed by atoms with Crippen molar-refractivity contribution < 1.29 is 14.4 Å². The smallest absolute Gasteiger partial charge is 0.226 e. The number of nitrogens with zero attached hydrogens (tertiary/aromatic N) is 1. The van der Waals surface area contributed by atoms with Gasteiger partial charge in [-0.25, -0.2) is 0 Å². The van der Waals surface area contributed by atoms with Crippen molar-refractivity contribution >= 4 is 23.4 Å². The van der Waals surface area contributed by atoms with E-state index in [0.29, 0.717) is 25.9 Å². The number of carbonyl (C=O) groups is 3. The Balaban J connectivity index is 1.33. The molecule has 3 amide bonds. The molecule has 2 heterocycles. The van der Waals surface area contributed by atoms with Crippen LogP contribution in [0.25, 0.3) is 0 Å². The number of fused-ring (bicyclic) bond motifs is 1. The Hall–Kier alpha value is -2.37. The third-order valence-corrected chi connectivity index (χ3v) is 6.20. The maximum atomic E-state index is 12.8. The second-order valence-corrected chi connectivity index (χ2v) is 7.98. The Kier molecular flexibility index (Phi) is 5.14. The van der Waals surface area contributed by atoms with Gasteiger partial charge in [0.1, 0.15) is 0 Å². The fourth-order valence-electron chi connectivity index (χ4n) is 4.62. The lowest BCUT2D eigenvalue weighted by atomic mass is 9.92. The number of carbonyl (C=O) groups excluding carboxylic acids is 3. The van der Waals surface area contributed by atoms with E-state index in [4.69, 9.17) is 0 Å². The SMILES string of the molecule is O=C1C[C@H](NC(=O)C2CCN(C(=O)C3CCCC3)CC2)c2ccccc2N1. The summed E-state index contributed by atoms with van der Waals surface area (Å²) in [4.78, 5) is 39.2. The maximum Gasteiger partial charge on any atom is 0.226 e. The van der Waals surface area contributed by atoms with E-state index in [1.165, 1.54) is 0 Å². The lowest BCUT2D eigenvalue weighted by Crippen LogP contribution is -2.45. The molecule has 1 aliphatic carbocycles. The van der Waals surface area contributed by atoms with Crippen molar-refractivity contribution in [2.24, 2.45) is 11.8 Å². The number of hydrogen-bond donors (Lipinski definition) is 2. The highest BCUT2D eigenvalue weighted by atomic mass is 16.2. The molecule has 0 spiro atoms. The number of hydrogen-bond acceptors (Lipinski definition) is 3. The minimum absolute atomic E-state index is 0.00234. The van der Waals surface area contributed by atoms with Crippen LogP contribution in [-0.4, -0.2) is 35.7 Å². The summed E-state index contributed by atoms with van der Waals surface area (Å²) in [5.74, 6) is 0.320. The maximum absolute atomic E-state index is 12.8. The standard InChI is InChI=1S/C21H27N3O3/c25-19-13-18(16-7-3-4-8-17(16)22-19)23-20(26)14-9-11-24(12-10-14)21(27)15-5-1-2-6-15/h3-4,7-8,14-15,18H,1-2,5-6,9-13H2,(H,22,25)(H,23,26)/t18-/m0/s1. The van der Waals surface area contributed by atoms with E-state index < -0.39 is 0 Å². The van der Waals surface area contributed by atoms with E-state index in [2.05, 4.69) is 10.6 Å². The third-order valence-electron chi connectivity index (χ3n) is 6.20. The van der Waals surface area contributed by atoms with E-state index in [0.717, 1.165) is 36.9 Å². The van der Waals surface area contributed by atoms with Gasteiger partial charge in [-0.2, -0.15) is 0 Å². The average molecular weight is 369 g/mol. The molecular formula is C21H27N3O3. The number of para-hydroxylation sites is 1. The molecule has 3 aliphatic rings. The molecule has 2 aliphatic heterocycles. The first-order valence-electron chi connectivity index (χ1n) is 10.1. The molecule has 1 saturated heterocycles. The van der Waals surface area contributed by atoms with Crippen LogP contribution in [0.15, 0.2) is 24.3 Å². The van der Waals surface area contributed by atoms with Crippen LogP contribution in [0.1, 0.15) is 56.6 Å². The lowest BCUT2D eigenvalue weighted by Gasteiger charge is -2.34. The molecule has 1 aromatic carbocycles. The van der Waals surface area contributed by atoms with Crippen LogP contribution >= 0.6 is 0 Å². The van der Waals surface area contributed by atoms with Crippen LogP contribution < -0.4 is 10.6 Å². The molecule has 2 fully saturated rings. The van der Waals surface area contributed by atoms with E-state index in [-0.39, 0.29) is 42.0 Å². The van der Waals surface area contributed by atoms with Gasteiger partial charge >= 0.3 is 0 Å². The molecule has 6 heteroatoms. The second kappa shape index (κ2) is 7.71. The van der Waals surface area contributed by atoms with Crippen molar-refractivity contribution in [2.45, 2.75) is 51.0 Å². The topological polar surface area (TPSA) is 78.5 Å². The van der Waals surface area contributed by atoms with Gasteiger partial charge in [0.25, 0.3) is 0 Å². The third kappa shape index (κ3) is 3.84. The minimum Gasteiger partial charge on any atom is -0.348 e. The molecule has 27 heavy (non-hydrogen) atoms. The summed E-state index contributed by atoms with van der Waals surface area (Å²) in [5.41, 5.74) is 1.73. The van der Waals surface area contributed by atoms with Gasteiger partial charge in [-0.15, -0.1) is 0 Å². The van der Waals surface area contributed by atoms with Crippen LogP contribution in [0.4, 0.5) is 5.69 Å². The van der Waals surface area contributed by atoms with Crippen LogP contribution in [0.5, 0.6) is 0 Å². The summed E-state index contributed by atoms with van der Waals surface area (Å²) in [7, 11) is 0. The van der Waals surface area contributed by atoms with Gasteiger partial charge in [-0.1, -0.05) is 31.0 Å². The molecule has 1 saturated carbocycles. The number of anilines is 1. The Morgan fingerprint density at radius 3 is 2.44 bits per heavy atom. The number of nitrogens with one attached hydrogen (secondary N) is 2. The molecular weight excluding hydrogens is 342 g/mol. The molecule has 0 bridgehead atoms. The molecule has 0 unspecified atom stereocenters. The van der Waals surface area contributed by atoms with Crippen molar-refractivity contribution in [2.75, 3.05) is 18.4 Å². The highest BCUT2D eigenvalue weighted by Crippen LogP contribution is 2.31. The van der Waals surface area contributed by atoms with Gasteiger partial charge < -0.3 is 15.5 Å². The Labute approximate surface area is 159 Å². The Bertz CT molecular complexity index is 734. The van der Waals surface area contributed by atoms with Crippen molar-refractivity contribution in [3.8, 4) is 0 Å². The van der Waals surface area contributed by atoms with Crippen molar-refractivity contribution in [1.82, 2.24) is 10.2 Å². The summed E-state index contributed by atoms with van der Waals surface area (Å²) in [5, 5.41) is 5.92. The predicted octanol–water partition coefficient (Wildman–Crippen LogP) is 2.61. The van der Waals surface area contributed by atoms with Crippen molar-refractivity contribution in [1.29, 1.82) is 0 Å². The fourth-order valence-corrected chi connectivity index (χ4v) is 4.62. The van der Waals surface area contributed by atoms with Gasteiger partial charge in [0.05, 0.1) is 12.5 Å². The highest BCUT2D eigenvalue weighted by molar-refractivity contribution is 5.95. The molecule has 0 aromatic heterocycles. The van der Waals surface area contributed by atoms with Crippen molar-refractivity contribution in [3.63, 3.8) is 0 Å². The van der Waals surface area contributed by atoms with Crippen LogP contribution in [0.2, 0.25) is 0 Å². The first-order chi connectivity index (χ1) is 13.1. The first-order valence-corrected chi connectivity index (χ1v) is 10.1. The molecule has 144 valence electrons. The van der Waals surface area contributed by atoms with E-state index in [1.807, 2.05) is 29.2 Å². The largest absolute Gasteiger partial charge is 0.348 e. The lowest BCUT2D eigenvalue weighted by molar-refractivity contribution is -0.139. The van der Waals surface area contributed by atoms with Gasteiger partial charge in [0, 0.05) is 30.6 Å². The Morgan fingerprint density at radius 2 is 1.70 bits per heavy atom. The molecule has 4 rings (SSSR count).